The van der Waals surface area contributed by atoms with Crippen molar-refractivity contribution in [1.29, 1.82) is 5.26 Å². The lowest BCUT2D eigenvalue weighted by Crippen LogP contribution is -2.56. The smallest absolute Gasteiger partial charge is 0.147 e. The summed E-state index contributed by atoms with van der Waals surface area (Å²) >= 11 is 6.12. The van der Waals surface area contributed by atoms with Crippen molar-refractivity contribution in [2.75, 3.05) is 25.0 Å². The molecule has 0 atom stereocenters. The molecule has 1 N–H and O–H groups in total. The standard InChI is InChI=1S/C11H13ClN4/c1-7-8(4-13)3-10(12)11(15-7)16(2)9-5-14-6-9/h3,9,14H,5-6H2,1-2H3. The van der Waals surface area contributed by atoms with Crippen LogP contribution in [0.2, 0.25) is 5.02 Å². The average Bonchev–Trinajstić information content (AvgIpc) is 2.18. The van der Waals surface area contributed by atoms with E-state index in [1.807, 2.05) is 14.0 Å². The molecule has 5 heteroatoms. The van der Waals surface area contributed by atoms with Gasteiger partial charge in [-0.2, -0.15) is 5.26 Å². The Hall–Kier alpha value is -1.31. The summed E-state index contributed by atoms with van der Waals surface area (Å²) in [4.78, 5) is 6.45. The van der Waals surface area contributed by atoms with Gasteiger partial charge in [-0.25, -0.2) is 4.98 Å². The van der Waals surface area contributed by atoms with Crippen LogP contribution >= 0.6 is 11.6 Å². The first kappa shape index (κ1) is 11.2. The molecule has 1 fully saturated rings. The molecule has 2 rings (SSSR count). The zero-order chi connectivity index (χ0) is 11.7. The fourth-order valence-electron chi connectivity index (χ4n) is 1.65. The van der Waals surface area contributed by atoms with Crippen molar-refractivity contribution in [3.05, 3.63) is 22.3 Å². The van der Waals surface area contributed by atoms with Gasteiger partial charge >= 0.3 is 0 Å². The van der Waals surface area contributed by atoms with Crippen molar-refractivity contribution in [1.82, 2.24) is 10.3 Å². The van der Waals surface area contributed by atoms with Crippen LogP contribution in [0.15, 0.2) is 6.07 Å². The second-order valence-electron chi connectivity index (χ2n) is 3.96. The fraction of sp³-hybridized carbons (Fsp3) is 0.455. The van der Waals surface area contributed by atoms with E-state index in [1.165, 1.54) is 0 Å². The minimum atomic E-state index is 0.442. The maximum Gasteiger partial charge on any atom is 0.147 e. The molecule has 0 saturated carbocycles. The number of nitrogens with zero attached hydrogens (tertiary/aromatic N) is 3. The number of aromatic nitrogens is 1. The normalized spacial score (nSPS) is 15.4. The molecule has 84 valence electrons. The van der Waals surface area contributed by atoms with Gasteiger partial charge in [0.2, 0.25) is 0 Å². The number of rotatable bonds is 2. The highest BCUT2D eigenvalue weighted by Crippen LogP contribution is 2.26. The SMILES string of the molecule is Cc1nc(N(C)C2CNC2)c(Cl)cc1C#N. The Morgan fingerprint density at radius 3 is 2.81 bits per heavy atom. The molecule has 0 bridgehead atoms. The van der Waals surface area contributed by atoms with Crippen LogP contribution in [0.25, 0.3) is 0 Å². The van der Waals surface area contributed by atoms with Crippen LogP contribution in [0.5, 0.6) is 0 Å². The molecule has 1 aliphatic rings. The van der Waals surface area contributed by atoms with E-state index in [9.17, 15) is 0 Å². The van der Waals surface area contributed by atoms with E-state index in [0.717, 1.165) is 24.6 Å². The van der Waals surface area contributed by atoms with Gasteiger partial charge in [0.15, 0.2) is 0 Å². The molecule has 2 heterocycles. The van der Waals surface area contributed by atoms with Crippen molar-refractivity contribution in [2.24, 2.45) is 0 Å². The zero-order valence-electron chi connectivity index (χ0n) is 9.29. The first-order chi connectivity index (χ1) is 7.63. The van der Waals surface area contributed by atoms with Crippen molar-refractivity contribution < 1.29 is 0 Å². The minimum Gasteiger partial charge on any atom is -0.353 e. The number of likely N-dealkylation sites (N-methyl/N-ethyl adjacent to an activating group) is 1. The molecule has 0 unspecified atom stereocenters. The van der Waals surface area contributed by atoms with Crippen LogP contribution in [-0.2, 0) is 0 Å². The van der Waals surface area contributed by atoms with E-state index in [2.05, 4.69) is 21.3 Å². The number of halogens is 1. The third-order valence-corrected chi connectivity index (χ3v) is 3.19. The van der Waals surface area contributed by atoms with Gasteiger partial charge in [-0.3, -0.25) is 0 Å². The minimum absolute atomic E-state index is 0.442. The van der Waals surface area contributed by atoms with E-state index < -0.39 is 0 Å². The summed E-state index contributed by atoms with van der Waals surface area (Å²) in [5.41, 5.74) is 1.26. The highest BCUT2D eigenvalue weighted by atomic mass is 35.5. The Bertz CT molecular complexity index is 448. The molecule has 0 amide bonds. The maximum atomic E-state index is 8.87. The van der Waals surface area contributed by atoms with Gasteiger partial charge in [0.25, 0.3) is 0 Å². The first-order valence-electron chi connectivity index (χ1n) is 5.14. The zero-order valence-corrected chi connectivity index (χ0v) is 10.0. The lowest BCUT2D eigenvalue weighted by molar-refractivity contribution is 0.426. The summed E-state index contributed by atoms with van der Waals surface area (Å²) in [6.45, 7) is 3.73. The molecule has 1 aromatic heterocycles. The molecular weight excluding hydrogens is 224 g/mol. The predicted octanol–water partition coefficient (Wildman–Crippen LogP) is 1.32. The van der Waals surface area contributed by atoms with Gasteiger partial charge in [-0.1, -0.05) is 11.6 Å². The number of pyridine rings is 1. The Morgan fingerprint density at radius 1 is 1.62 bits per heavy atom. The van der Waals surface area contributed by atoms with Crippen LogP contribution < -0.4 is 10.2 Å². The number of hydrogen-bond donors (Lipinski definition) is 1. The fourth-order valence-corrected chi connectivity index (χ4v) is 1.93. The summed E-state index contributed by atoms with van der Waals surface area (Å²) in [5, 5.41) is 12.6. The topological polar surface area (TPSA) is 52.0 Å². The molecule has 0 aromatic carbocycles. The molecule has 1 aromatic rings. The number of anilines is 1. The van der Waals surface area contributed by atoms with E-state index >= 15 is 0 Å². The number of nitrogens with one attached hydrogen (secondary N) is 1. The summed E-state index contributed by atoms with van der Waals surface area (Å²) in [6.07, 6.45) is 0. The monoisotopic (exact) mass is 236 g/mol. The van der Waals surface area contributed by atoms with Gasteiger partial charge in [0.05, 0.1) is 22.3 Å². The van der Waals surface area contributed by atoms with E-state index in [0.29, 0.717) is 16.6 Å². The van der Waals surface area contributed by atoms with Crippen molar-refractivity contribution >= 4 is 17.4 Å². The second-order valence-corrected chi connectivity index (χ2v) is 4.37. The number of hydrogen-bond acceptors (Lipinski definition) is 4. The molecule has 1 aliphatic heterocycles. The van der Waals surface area contributed by atoms with Crippen LogP contribution in [0.4, 0.5) is 5.82 Å². The Morgan fingerprint density at radius 2 is 2.31 bits per heavy atom. The van der Waals surface area contributed by atoms with Gasteiger partial charge in [-0.05, 0) is 13.0 Å². The second kappa shape index (κ2) is 4.28. The van der Waals surface area contributed by atoms with Gasteiger partial charge in [0.1, 0.15) is 11.9 Å². The molecule has 1 saturated heterocycles. The summed E-state index contributed by atoms with van der Waals surface area (Å²) < 4.78 is 0. The average molecular weight is 237 g/mol. The molecule has 4 nitrogen and oxygen atoms in total. The molecule has 0 spiro atoms. The first-order valence-corrected chi connectivity index (χ1v) is 5.52. The van der Waals surface area contributed by atoms with Crippen LogP contribution in [0.1, 0.15) is 11.3 Å². The van der Waals surface area contributed by atoms with Gasteiger partial charge in [-0.15, -0.1) is 0 Å². The Balaban J connectivity index is 2.34. The van der Waals surface area contributed by atoms with Crippen molar-refractivity contribution in [2.45, 2.75) is 13.0 Å². The van der Waals surface area contributed by atoms with Crippen LogP contribution in [0.3, 0.4) is 0 Å². The lowest BCUT2D eigenvalue weighted by atomic mass is 10.1. The largest absolute Gasteiger partial charge is 0.353 e. The Labute approximate surface area is 99.8 Å². The summed E-state index contributed by atoms with van der Waals surface area (Å²) in [7, 11) is 1.98. The van der Waals surface area contributed by atoms with Gasteiger partial charge < -0.3 is 10.2 Å². The highest BCUT2D eigenvalue weighted by Gasteiger charge is 2.24. The van der Waals surface area contributed by atoms with Crippen molar-refractivity contribution in [3.8, 4) is 6.07 Å². The van der Waals surface area contributed by atoms with Crippen molar-refractivity contribution in [3.63, 3.8) is 0 Å². The molecule has 0 radical (unpaired) electrons. The third-order valence-electron chi connectivity index (χ3n) is 2.91. The van der Waals surface area contributed by atoms with Gasteiger partial charge in [0, 0.05) is 20.1 Å². The maximum absolute atomic E-state index is 8.87. The van der Waals surface area contributed by atoms with Crippen LogP contribution in [0, 0.1) is 18.3 Å². The molecule has 16 heavy (non-hydrogen) atoms. The van der Waals surface area contributed by atoms with E-state index in [1.54, 1.807) is 6.07 Å². The number of nitriles is 1. The highest BCUT2D eigenvalue weighted by molar-refractivity contribution is 6.33. The molecular formula is C11H13ClN4. The predicted molar refractivity (Wildman–Crippen MR) is 63.8 cm³/mol. The van der Waals surface area contributed by atoms with E-state index in [-0.39, 0.29) is 0 Å². The van der Waals surface area contributed by atoms with Crippen LogP contribution in [-0.4, -0.2) is 31.2 Å². The quantitative estimate of drug-likeness (QED) is 0.842. The summed E-state index contributed by atoms with van der Waals surface area (Å²) in [6, 6.07) is 4.21. The number of aryl methyl sites for hydroxylation is 1. The third kappa shape index (κ3) is 1.84. The molecule has 0 aliphatic carbocycles. The lowest BCUT2D eigenvalue weighted by Gasteiger charge is -2.36. The van der Waals surface area contributed by atoms with E-state index in [4.69, 9.17) is 16.9 Å². The summed E-state index contributed by atoms with van der Waals surface area (Å²) in [5.74, 6) is 0.754. The Kier molecular flexibility index (Phi) is 2.99.